The number of aromatic nitrogens is 1. The Morgan fingerprint density at radius 1 is 1.07 bits per heavy atom. The third kappa shape index (κ3) is 4.72. The molecule has 0 bridgehead atoms. The Morgan fingerprint density at radius 3 is 2.66 bits per heavy atom. The van der Waals surface area contributed by atoms with E-state index >= 15 is 0 Å². The van der Waals surface area contributed by atoms with Crippen LogP contribution < -0.4 is 10.1 Å². The molecule has 0 aliphatic heterocycles. The zero-order valence-corrected chi connectivity index (χ0v) is 17.9. The standard InChI is InChI=1S/C21H13BrCl2N2O3/c22-12-1-7-17(24)16(9-12)21-26-18-10-14(4-8-19(18)29-21)25-20(27)11-28-15-5-2-13(23)3-6-15/h1-10H,11H2,(H,25,27). The van der Waals surface area contributed by atoms with E-state index in [1.165, 1.54) is 0 Å². The number of carbonyl (C=O) groups is 1. The molecule has 1 heterocycles. The van der Waals surface area contributed by atoms with Gasteiger partial charge in [0.15, 0.2) is 12.2 Å². The van der Waals surface area contributed by atoms with E-state index < -0.39 is 0 Å². The van der Waals surface area contributed by atoms with Crippen molar-refractivity contribution >= 4 is 61.8 Å². The van der Waals surface area contributed by atoms with Gasteiger partial charge in [-0.05, 0) is 60.7 Å². The first-order chi connectivity index (χ1) is 14.0. The second-order valence-electron chi connectivity index (χ2n) is 6.12. The largest absolute Gasteiger partial charge is 0.484 e. The van der Waals surface area contributed by atoms with Crippen molar-refractivity contribution in [1.82, 2.24) is 4.98 Å². The summed E-state index contributed by atoms with van der Waals surface area (Å²) in [6.07, 6.45) is 0. The van der Waals surface area contributed by atoms with Crippen molar-refractivity contribution in [1.29, 1.82) is 0 Å². The molecule has 5 nitrogen and oxygen atoms in total. The third-order valence-electron chi connectivity index (χ3n) is 4.01. The van der Waals surface area contributed by atoms with Gasteiger partial charge in [-0.25, -0.2) is 4.98 Å². The number of nitrogens with zero attached hydrogens (tertiary/aromatic N) is 1. The Hall–Kier alpha value is -2.54. The molecule has 0 aliphatic carbocycles. The highest BCUT2D eigenvalue weighted by Crippen LogP contribution is 2.33. The Balaban J connectivity index is 1.48. The van der Waals surface area contributed by atoms with Gasteiger partial charge < -0.3 is 14.5 Å². The number of nitrogens with one attached hydrogen (secondary N) is 1. The van der Waals surface area contributed by atoms with Crippen molar-refractivity contribution in [3.8, 4) is 17.2 Å². The molecule has 0 fully saturated rings. The van der Waals surface area contributed by atoms with E-state index in [0.29, 0.717) is 44.0 Å². The van der Waals surface area contributed by atoms with Gasteiger partial charge in [-0.2, -0.15) is 0 Å². The van der Waals surface area contributed by atoms with Gasteiger partial charge in [0.05, 0.1) is 10.6 Å². The van der Waals surface area contributed by atoms with E-state index in [4.69, 9.17) is 32.4 Å². The van der Waals surface area contributed by atoms with Gasteiger partial charge in [0.25, 0.3) is 5.91 Å². The Kier molecular flexibility index (Phi) is 5.76. The molecule has 146 valence electrons. The minimum Gasteiger partial charge on any atom is -0.484 e. The molecular formula is C21H13BrCl2N2O3. The molecule has 0 radical (unpaired) electrons. The number of benzene rings is 3. The van der Waals surface area contributed by atoms with Crippen LogP contribution in [0.4, 0.5) is 5.69 Å². The van der Waals surface area contributed by atoms with Crippen LogP contribution in [0.3, 0.4) is 0 Å². The predicted molar refractivity (Wildman–Crippen MR) is 118 cm³/mol. The average molecular weight is 492 g/mol. The fraction of sp³-hybridized carbons (Fsp3) is 0.0476. The molecule has 4 rings (SSSR count). The third-order valence-corrected chi connectivity index (χ3v) is 5.09. The van der Waals surface area contributed by atoms with Crippen LogP contribution in [0.25, 0.3) is 22.6 Å². The van der Waals surface area contributed by atoms with Crippen LogP contribution in [-0.4, -0.2) is 17.5 Å². The van der Waals surface area contributed by atoms with Gasteiger partial charge in [-0.1, -0.05) is 39.1 Å². The van der Waals surface area contributed by atoms with Crippen LogP contribution >= 0.6 is 39.1 Å². The van der Waals surface area contributed by atoms with Crippen molar-refractivity contribution in [3.05, 3.63) is 75.2 Å². The maximum Gasteiger partial charge on any atom is 0.262 e. The average Bonchev–Trinajstić information content (AvgIpc) is 3.12. The maximum atomic E-state index is 12.2. The lowest BCUT2D eigenvalue weighted by Gasteiger charge is -2.07. The summed E-state index contributed by atoms with van der Waals surface area (Å²) in [5.41, 5.74) is 2.46. The molecule has 4 aromatic rings. The Labute approximate surface area is 184 Å². The van der Waals surface area contributed by atoms with Crippen LogP contribution in [0.5, 0.6) is 5.75 Å². The normalized spacial score (nSPS) is 10.9. The first kappa shape index (κ1) is 19.8. The number of halogens is 3. The topological polar surface area (TPSA) is 64.4 Å². The summed E-state index contributed by atoms with van der Waals surface area (Å²) >= 11 is 15.5. The second-order valence-corrected chi connectivity index (χ2v) is 7.88. The number of oxazole rings is 1. The molecule has 1 amide bonds. The van der Waals surface area contributed by atoms with Gasteiger partial charge in [0, 0.05) is 15.2 Å². The lowest BCUT2D eigenvalue weighted by molar-refractivity contribution is -0.118. The number of anilines is 1. The van der Waals surface area contributed by atoms with Crippen LogP contribution in [-0.2, 0) is 4.79 Å². The van der Waals surface area contributed by atoms with Crippen LogP contribution in [0.2, 0.25) is 10.0 Å². The first-order valence-electron chi connectivity index (χ1n) is 8.52. The molecule has 0 unspecified atom stereocenters. The van der Waals surface area contributed by atoms with Gasteiger partial charge in [-0.3, -0.25) is 4.79 Å². The van der Waals surface area contributed by atoms with Crippen molar-refractivity contribution in [3.63, 3.8) is 0 Å². The molecule has 0 saturated heterocycles. The number of carbonyl (C=O) groups excluding carboxylic acids is 1. The summed E-state index contributed by atoms with van der Waals surface area (Å²) in [6, 6.07) is 17.4. The predicted octanol–water partition coefficient (Wildman–Crippen LogP) is 6.58. The number of amides is 1. The van der Waals surface area contributed by atoms with E-state index in [1.807, 2.05) is 12.1 Å². The summed E-state index contributed by atoms with van der Waals surface area (Å²) in [7, 11) is 0. The number of hydrogen-bond acceptors (Lipinski definition) is 4. The van der Waals surface area contributed by atoms with Gasteiger partial charge in [0.2, 0.25) is 5.89 Å². The minimum absolute atomic E-state index is 0.128. The molecule has 0 atom stereocenters. The smallest absolute Gasteiger partial charge is 0.262 e. The quantitative estimate of drug-likeness (QED) is 0.342. The Bertz CT molecular complexity index is 1190. The summed E-state index contributed by atoms with van der Waals surface area (Å²) in [5.74, 6) is 0.672. The number of hydrogen-bond donors (Lipinski definition) is 1. The van der Waals surface area contributed by atoms with E-state index in [1.54, 1.807) is 48.5 Å². The highest BCUT2D eigenvalue weighted by molar-refractivity contribution is 9.10. The highest BCUT2D eigenvalue weighted by Gasteiger charge is 2.13. The molecule has 0 spiro atoms. The van der Waals surface area contributed by atoms with Crippen LogP contribution in [0.1, 0.15) is 0 Å². The lowest BCUT2D eigenvalue weighted by Crippen LogP contribution is -2.20. The zero-order chi connectivity index (χ0) is 20.4. The highest BCUT2D eigenvalue weighted by atomic mass is 79.9. The van der Waals surface area contributed by atoms with E-state index in [2.05, 4.69) is 26.2 Å². The molecule has 0 saturated carbocycles. The number of fused-ring (bicyclic) bond motifs is 1. The lowest BCUT2D eigenvalue weighted by atomic mass is 10.2. The molecule has 1 aromatic heterocycles. The van der Waals surface area contributed by atoms with Gasteiger partial charge >= 0.3 is 0 Å². The monoisotopic (exact) mass is 490 g/mol. The van der Waals surface area contributed by atoms with Crippen LogP contribution in [0.15, 0.2) is 69.6 Å². The van der Waals surface area contributed by atoms with Crippen molar-refractivity contribution in [2.45, 2.75) is 0 Å². The summed E-state index contributed by atoms with van der Waals surface area (Å²) < 4.78 is 12.1. The van der Waals surface area contributed by atoms with Gasteiger partial charge in [-0.15, -0.1) is 0 Å². The molecule has 8 heteroatoms. The number of ether oxygens (including phenoxy) is 1. The zero-order valence-electron chi connectivity index (χ0n) is 14.8. The maximum absolute atomic E-state index is 12.2. The Morgan fingerprint density at radius 2 is 1.86 bits per heavy atom. The number of rotatable bonds is 5. The van der Waals surface area contributed by atoms with Crippen molar-refractivity contribution in [2.24, 2.45) is 0 Å². The van der Waals surface area contributed by atoms with Crippen molar-refractivity contribution in [2.75, 3.05) is 11.9 Å². The molecule has 3 aromatic carbocycles. The summed E-state index contributed by atoms with van der Waals surface area (Å²) in [6.45, 7) is -0.128. The fourth-order valence-corrected chi connectivity index (χ4v) is 3.34. The van der Waals surface area contributed by atoms with Gasteiger partial charge in [0.1, 0.15) is 11.3 Å². The SMILES string of the molecule is O=C(COc1ccc(Cl)cc1)Nc1ccc2oc(-c3cc(Br)ccc3Cl)nc2c1. The molecule has 1 N–H and O–H groups in total. The van der Waals surface area contributed by atoms with Crippen LogP contribution in [0, 0.1) is 0 Å². The van der Waals surface area contributed by atoms with Crippen molar-refractivity contribution < 1.29 is 13.9 Å². The van der Waals surface area contributed by atoms with E-state index in [0.717, 1.165) is 4.47 Å². The summed E-state index contributed by atoms with van der Waals surface area (Å²) in [4.78, 5) is 16.7. The fourth-order valence-electron chi connectivity index (χ4n) is 2.66. The van der Waals surface area contributed by atoms with E-state index in [9.17, 15) is 4.79 Å². The molecule has 0 aliphatic rings. The second kappa shape index (κ2) is 8.45. The molecular weight excluding hydrogens is 479 g/mol. The first-order valence-corrected chi connectivity index (χ1v) is 10.1. The van der Waals surface area contributed by atoms with E-state index in [-0.39, 0.29) is 12.5 Å². The minimum atomic E-state index is -0.293. The molecule has 29 heavy (non-hydrogen) atoms. The summed E-state index contributed by atoms with van der Waals surface area (Å²) in [5, 5.41) is 3.92.